The minimum atomic E-state index is 0.327. The second-order valence-corrected chi connectivity index (χ2v) is 6.50. The number of hydrogen-bond acceptors (Lipinski definition) is 3. The molecule has 114 valence electrons. The lowest BCUT2D eigenvalue weighted by Crippen LogP contribution is -2.37. The number of rotatable bonds is 3. The van der Waals surface area contributed by atoms with Crippen LogP contribution in [-0.2, 0) is 0 Å². The third kappa shape index (κ3) is 2.77. The van der Waals surface area contributed by atoms with Crippen LogP contribution in [0.3, 0.4) is 0 Å². The Bertz CT molecular complexity index is 632. The molecule has 1 aliphatic carbocycles. The van der Waals surface area contributed by atoms with E-state index in [0.717, 1.165) is 24.1 Å². The summed E-state index contributed by atoms with van der Waals surface area (Å²) in [6.07, 6.45) is 7.04. The number of H-pyrrole nitrogens is 1. The second-order valence-electron chi connectivity index (χ2n) is 6.50. The van der Waals surface area contributed by atoms with Gasteiger partial charge in [-0.2, -0.15) is 5.10 Å². The summed E-state index contributed by atoms with van der Waals surface area (Å²) in [5.41, 5.74) is 3.51. The molecule has 4 nitrogen and oxygen atoms in total. The van der Waals surface area contributed by atoms with Crippen molar-refractivity contribution in [3.05, 3.63) is 23.4 Å². The van der Waals surface area contributed by atoms with Gasteiger partial charge < -0.3 is 9.64 Å². The first-order chi connectivity index (χ1) is 10.1. The predicted molar refractivity (Wildman–Crippen MR) is 85.9 cm³/mol. The van der Waals surface area contributed by atoms with Gasteiger partial charge in [0.2, 0.25) is 0 Å². The molecule has 1 heterocycles. The van der Waals surface area contributed by atoms with Gasteiger partial charge in [-0.1, -0.05) is 0 Å². The molecule has 0 radical (unpaired) electrons. The Hall–Kier alpha value is -1.55. The summed E-state index contributed by atoms with van der Waals surface area (Å²) in [4.78, 5) is 2.33. The normalized spacial score (nSPS) is 22.9. The number of aryl methyl sites for hydroxylation is 2. The minimum absolute atomic E-state index is 0.327. The minimum Gasteiger partial charge on any atom is -0.490 e. The third-order valence-electron chi connectivity index (χ3n) is 4.78. The summed E-state index contributed by atoms with van der Waals surface area (Å²) < 4.78 is 6.36. The van der Waals surface area contributed by atoms with Crippen molar-refractivity contribution in [1.82, 2.24) is 15.1 Å². The van der Waals surface area contributed by atoms with Crippen molar-refractivity contribution in [1.29, 1.82) is 0 Å². The first-order valence-electron chi connectivity index (χ1n) is 7.82. The van der Waals surface area contributed by atoms with Crippen LogP contribution in [0, 0.1) is 13.8 Å². The Labute approximate surface area is 126 Å². The maximum atomic E-state index is 6.36. The molecule has 4 heteroatoms. The fourth-order valence-corrected chi connectivity index (χ4v) is 3.38. The highest BCUT2D eigenvalue weighted by molar-refractivity contribution is 5.86. The lowest BCUT2D eigenvalue weighted by molar-refractivity contribution is 0.0998. The van der Waals surface area contributed by atoms with Gasteiger partial charge >= 0.3 is 0 Å². The zero-order chi connectivity index (χ0) is 15.0. The van der Waals surface area contributed by atoms with Gasteiger partial charge in [-0.15, -0.1) is 0 Å². The molecule has 2 atom stereocenters. The van der Waals surface area contributed by atoms with Crippen LogP contribution >= 0.6 is 0 Å². The Morgan fingerprint density at radius 1 is 1.29 bits per heavy atom. The Morgan fingerprint density at radius 3 is 2.86 bits per heavy atom. The van der Waals surface area contributed by atoms with Crippen molar-refractivity contribution in [2.24, 2.45) is 0 Å². The van der Waals surface area contributed by atoms with Gasteiger partial charge in [0.25, 0.3) is 0 Å². The number of aromatic nitrogens is 2. The van der Waals surface area contributed by atoms with E-state index < -0.39 is 0 Å². The molecule has 1 aromatic heterocycles. The molecule has 0 amide bonds. The number of nitrogens with zero attached hydrogens (tertiary/aromatic N) is 2. The molecule has 1 saturated carbocycles. The number of fused-ring (bicyclic) bond motifs is 1. The van der Waals surface area contributed by atoms with E-state index in [4.69, 9.17) is 4.74 Å². The van der Waals surface area contributed by atoms with E-state index in [1.165, 1.54) is 29.4 Å². The quantitative estimate of drug-likeness (QED) is 0.940. The van der Waals surface area contributed by atoms with Crippen LogP contribution in [-0.4, -0.2) is 41.3 Å². The van der Waals surface area contributed by atoms with Crippen LogP contribution in [0.25, 0.3) is 10.9 Å². The smallest absolute Gasteiger partial charge is 0.123 e. The molecule has 1 N–H and O–H groups in total. The first-order valence-corrected chi connectivity index (χ1v) is 7.82. The van der Waals surface area contributed by atoms with E-state index in [9.17, 15) is 0 Å². The fourth-order valence-electron chi connectivity index (χ4n) is 3.38. The molecule has 1 aromatic carbocycles. The topological polar surface area (TPSA) is 41.1 Å². The largest absolute Gasteiger partial charge is 0.490 e. The average molecular weight is 287 g/mol. The molecule has 21 heavy (non-hydrogen) atoms. The van der Waals surface area contributed by atoms with E-state index in [0.29, 0.717) is 12.1 Å². The molecule has 1 fully saturated rings. The number of nitrogens with one attached hydrogen (secondary N) is 1. The van der Waals surface area contributed by atoms with Crippen LogP contribution in [0.2, 0.25) is 0 Å². The predicted octanol–water partition coefficient (Wildman–Crippen LogP) is 3.43. The van der Waals surface area contributed by atoms with Gasteiger partial charge in [0.1, 0.15) is 11.9 Å². The van der Waals surface area contributed by atoms with Gasteiger partial charge in [-0.25, -0.2) is 0 Å². The van der Waals surface area contributed by atoms with Gasteiger partial charge in [-0.3, -0.25) is 5.10 Å². The first kappa shape index (κ1) is 14.4. The zero-order valence-electron chi connectivity index (χ0n) is 13.4. The van der Waals surface area contributed by atoms with Crippen molar-refractivity contribution in [2.75, 3.05) is 14.1 Å². The van der Waals surface area contributed by atoms with Crippen LogP contribution < -0.4 is 4.74 Å². The average Bonchev–Trinajstić information content (AvgIpc) is 2.95. The van der Waals surface area contributed by atoms with Crippen LogP contribution in [0.4, 0.5) is 0 Å². The molecular formula is C17H25N3O. The highest BCUT2D eigenvalue weighted by Crippen LogP contribution is 2.32. The molecule has 1 aliphatic rings. The number of hydrogen-bond donors (Lipinski definition) is 1. The maximum Gasteiger partial charge on any atom is 0.123 e. The lowest BCUT2D eigenvalue weighted by Gasteiger charge is -2.33. The summed E-state index contributed by atoms with van der Waals surface area (Å²) >= 11 is 0. The second kappa shape index (κ2) is 5.68. The van der Waals surface area contributed by atoms with E-state index in [1.54, 1.807) is 0 Å². The summed E-state index contributed by atoms with van der Waals surface area (Å²) in [6, 6.07) is 2.79. The summed E-state index contributed by atoms with van der Waals surface area (Å²) in [7, 11) is 4.33. The summed E-state index contributed by atoms with van der Waals surface area (Å²) in [5, 5.41) is 8.40. The molecule has 0 bridgehead atoms. The van der Waals surface area contributed by atoms with Crippen molar-refractivity contribution < 1.29 is 4.74 Å². The molecule has 0 aliphatic heterocycles. The Balaban J connectivity index is 1.83. The lowest BCUT2D eigenvalue weighted by atomic mass is 9.92. The van der Waals surface area contributed by atoms with Gasteiger partial charge in [-0.05, 0) is 65.3 Å². The van der Waals surface area contributed by atoms with Crippen LogP contribution in [0.15, 0.2) is 12.3 Å². The Kier molecular flexibility index (Phi) is 3.89. The number of aromatic amines is 1. The molecule has 0 spiro atoms. The summed E-state index contributed by atoms with van der Waals surface area (Å²) in [5.74, 6) is 1.02. The molecule has 3 rings (SSSR count). The third-order valence-corrected chi connectivity index (χ3v) is 4.78. The highest BCUT2D eigenvalue weighted by atomic mass is 16.5. The molecule has 2 aromatic rings. The van der Waals surface area contributed by atoms with Crippen LogP contribution in [0.1, 0.15) is 36.8 Å². The fraction of sp³-hybridized carbons (Fsp3) is 0.588. The summed E-state index contributed by atoms with van der Waals surface area (Å²) in [6.45, 7) is 4.23. The van der Waals surface area contributed by atoms with Gasteiger partial charge in [0, 0.05) is 17.0 Å². The molecular weight excluding hydrogens is 262 g/mol. The van der Waals surface area contributed by atoms with E-state index in [-0.39, 0.29) is 0 Å². The van der Waals surface area contributed by atoms with Gasteiger partial charge in [0.15, 0.2) is 0 Å². The zero-order valence-corrected chi connectivity index (χ0v) is 13.4. The van der Waals surface area contributed by atoms with E-state index in [2.05, 4.69) is 49.1 Å². The standard InChI is InChI=1S/C17H25N3O/c1-11-8-16(12(2)15-10-18-19-17(11)15)21-14-7-5-6-13(9-14)20(3)4/h8,10,13-14H,5-7,9H2,1-4H3,(H,18,19)/t13-,14+/m0/s1. The number of ether oxygens (including phenoxy) is 1. The SMILES string of the molecule is Cc1c(O[C@@H]2CCC[C@H](N(C)C)C2)cc(C)c2[nH]ncc12. The Morgan fingerprint density at radius 2 is 2.10 bits per heavy atom. The van der Waals surface area contributed by atoms with E-state index >= 15 is 0 Å². The molecule has 0 saturated heterocycles. The number of benzene rings is 1. The van der Waals surface area contributed by atoms with E-state index in [1.807, 2.05) is 6.20 Å². The van der Waals surface area contributed by atoms with Crippen molar-refractivity contribution in [2.45, 2.75) is 51.7 Å². The maximum absolute atomic E-state index is 6.36. The van der Waals surface area contributed by atoms with Gasteiger partial charge in [0.05, 0.1) is 11.7 Å². The van der Waals surface area contributed by atoms with Crippen molar-refractivity contribution >= 4 is 10.9 Å². The molecule has 0 unspecified atom stereocenters. The van der Waals surface area contributed by atoms with Crippen molar-refractivity contribution in [3.63, 3.8) is 0 Å². The highest BCUT2D eigenvalue weighted by Gasteiger charge is 2.25. The van der Waals surface area contributed by atoms with Crippen molar-refractivity contribution in [3.8, 4) is 5.75 Å². The monoisotopic (exact) mass is 287 g/mol. The van der Waals surface area contributed by atoms with Crippen LogP contribution in [0.5, 0.6) is 5.75 Å².